The molecule has 1 amide bonds. The molecule has 0 atom stereocenters. The summed E-state index contributed by atoms with van der Waals surface area (Å²) < 4.78 is 5.04. The Labute approximate surface area is 116 Å². The monoisotopic (exact) mass is 270 g/mol. The smallest absolute Gasteiger partial charge is 0.325 e. The van der Waals surface area contributed by atoms with Gasteiger partial charge < -0.3 is 10.1 Å². The molecule has 1 heterocycles. The molecule has 2 aromatic rings. The molecule has 2 rings (SSSR count). The second-order valence-electron chi connectivity index (χ2n) is 4.04. The van der Waals surface area contributed by atoms with Crippen LogP contribution in [-0.4, -0.2) is 23.4 Å². The Morgan fingerprint density at radius 1 is 1.05 bits per heavy atom. The molecule has 5 nitrogen and oxygen atoms in total. The van der Waals surface area contributed by atoms with Crippen molar-refractivity contribution in [1.82, 2.24) is 10.3 Å². The zero-order chi connectivity index (χ0) is 14.2. The molecule has 0 aliphatic rings. The molecule has 0 aliphatic heterocycles. The highest BCUT2D eigenvalue weighted by Crippen LogP contribution is 2.00. The highest BCUT2D eigenvalue weighted by atomic mass is 16.5. The first-order valence-corrected chi connectivity index (χ1v) is 6.14. The molecular weight excluding hydrogens is 256 g/mol. The SMILES string of the molecule is O=C(CNC(=O)c1ccccn1)OCc1ccccc1. The first kappa shape index (κ1) is 13.7. The van der Waals surface area contributed by atoms with E-state index in [1.807, 2.05) is 30.3 Å². The Balaban J connectivity index is 1.74. The predicted octanol–water partition coefficient (Wildman–Crippen LogP) is 1.55. The minimum atomic E-state index is -0.488. The number of nitrogens with zero attached hydrogens (tertiary/aromatic N) is 1. The summed E-state index contributed by atoms with van der Waals surface area (Å²) in [5.41, 5.74) is 1.17. The van der Waals surface area contributed by atoms with Gasteiger partial charge in [0.1, 0.15) is 18.8 Å². The van der Waals surface area contributed by atoms with Crippen LogP contribution in [0.25, 0.3) is 0 Å². The first-order chi connectivity index (χ1) is 9.75. The minimum Gasteiger partial charge on any atom is -0.460 e. The average molecular weight is 270 g/mol. The Kier molecular flexibility index (Phi) is 4.83. The fourth-order valence-electron chi connectivity index (χ4n) is 1.53. The maximum Gasteiger partial charge on any atom is 0.325 e. The third kappa shape index (κ3) is 4.20. The lowest BCUT2D eigenvalue weighted by molar-refractivity contribution is -0.143. The van der Waals surface area contributed by atoms with Crippen LogP contribution in [0.1, 0.15) is 16.1 Å². The zero-order valence-electron chi connectivity index (χ0n) is 10.8. The molecule has 20 heavy (non-hydrogen) atoms. The number of carbonyl (C=O) groups is 2. The summed E-state index contributed by atoms with van der Waals surface area (Å²) in [5, 5.41) is 2.46. The van der Waals surface area contributed by atoms with Gasteiger partial charge in [-0.15, -0.1) is 0 Å². The maximum atomic E-state index is 11.6. The number of hydrogen-bond acceptors (Lipinski definition) is 4. The van der Waals surface area contributed by atoms with Crippen molar-refractivity contribution in [2.75, 3.05) is 6.54 Å². The van der Waals surface area contributed by atoms with Crippen LogP contribution in [0.15, 0.2) is 54.7 Å². The van der Waals surface area contributed by atoms with Gasteiger partial charge in [0.2, 0.25) is 0 Å². The first-order valence-electron chi connectivity index (χ1n) is 6.14. The topological polar surface area (TPSA) is 68.3 Å². The van der Waals surface area contributed by atoms with Crippen LogP contribution in [0.4, 0.5) is 0 Å². The molecule has 0 fully saturated rings. The van der Waals surface area contributed by atoms with Crippen molar-refractivity contribution in [2.45, 2.75) is 6.61 Å². The second kappa shape index (κ2) is 7.04. The van der Waals surface area contributed by atoms with Crippen molar-refractivity contribution in [3.05, 3.63) is 66.0 Å². The van der Waals surface area contributed by atoms with Crippen LogP contribution < -0.4 is 5.32 Å². The molecule has 0 aliphatic carbocycles. The number of pyridine rings is 1. The standard InChI is InChI=1S/C15H14N2O3/c18-14(20-11-12-6-2-1-3-7-12)10-17-15(19)13-8-4-5-9-16-13/h1-9H,10-11H2,(H,17,19). The predicted molar refractivity (Wildman–Crippen MR) is 72.8 cm³/mol. The van der Waals surface area contributed by atoms with E-state index in [1.54, 1.807) is 18.2 Å². The maximum absolute atomic E-state index is 11.6. The van der Waals surface area contributed by atoms with Crippen molar-refractivity contribution in [2.24, 2.45) is 0 Å². The van der Waals surface area contributed by atoms with Crippen LogP contribution in [0.2, 0.25) is 0 Å². The molecule has 102 valence electrons. The van der Waals surface area contributed by atoms with Gasteiger partial charge >= 0.3 is 5.97 Å². The van der Waals surface area contributed by atoms with Gasteiger partial charge in [-0.2, -0.15) is 0 Å². The van der Waals surface area contributed by atoms with E-state index in [1.165, 1.54) is 6.20 Å². The number of hydrogen-bond donors (Lipinski definition) is 1. The van der Waals surface area contributed by atoms with E-state index in [9.17, 15) is 9.59 Å². The van der Waals surface area contributed by atoms with Gasteiger partial charge in [0.05, 0.1) is 0 Å². The fraction of sp³-hybridized carbons (Fsp3) is 0.133. The Hall–Kier alpha value is -2.69. The minimum absolute atomic E-state index is 0.178. The number of esters is 1. The molecule has 5 heteroatoms. The number of aromatic nitrogens is 1. The Morgan fingerprint density at radius 2 is 1.80 bits per heavy atom. The van der Waals surface area contributed by atoms with Gasteiger partial charge in [-0.25, -0.2) is 0 Å². The van der Waals surface area contributed by atoms with E-state index in [-0.39, 0.29) is 18.8 Å². The highest BCUT2D eigenvalue weighted by Gasteiger charge is 2.09. The van der Waals surface area contributed by atoms with Crippen LogP contribution in [0.3, 0.4) is 0 Å². The number of nitrogens with one attached hydrogen (secondary N) is 1. The molecule has 0 radical (unpaired) electrons. The number of rotatable bonds is 5. The Bertz CT molecular complexity index is 570. The van der Waals surface area contributed by atoms with E-state index in [0.29, 0.717) is 0 Å². The number of benzene rings is 1. The van der Waals surface area contributed by atoms with E-state index in [2.05, 4.69) is 10.3 Å². The van der Waals surface area contributed by atoms with Crippen LogP contribution in [0.5, 0.6) is 0 Å². The second-order valence-corrected chi connectivity index (χ2v) is 4.04. The van der Waals surface area contributed by atoms with E-state index in [0.717, 1.165) is 5.56 Å². The summed E-state index contributed by atoms with van der Waals surface area (Å²) in [4.78, 5) is 27.0. The van der Waals surface area contributed by atoms with Crippen molar-refractivity contribution in [1.29, 1.82) is 0 Å². The average Bonchev–Trinajstić information content (AvgIpc) is 2.52. The molecular formula is C15H14N2O3. The van der Waals surface area contributed by atoms with Crippen LogP contribution in [0, 0.1) is 0 Å². The summed E-state index contributed by atoms with van der Waals surface area (Å²) in [6, 6.07) is 14.3. The summed E-state index contributed by atoms with van der Waals surface area (Å²) in [6.45, 7) is 0.0152. The summed E-state index contributed by atoms with van der Waals surface area (Å²) in [6.07, 6.45) is 1.52. The molecule has 1 aromatic heterocycles. The van der Waals surface area contributed by atoms with Gasteiger partial charge in [-0.1, -0.05) is 36.4 Å². The number of amides is 1. The molecule has 0 saturated carbocycles. The highest BCUT2D eigenvalue weighted by molar-refractivity contribution is 5.94. The lowest BCUT2D eigenvalue weighted by Crippen LogP contribution is -2.31. The lowest BCUT2D eigenvalue weighted by Gasteiger charge is -2.06. The molecule has 0 saturated heterocycles. The summed E-state index contributed by atoms with van der Waals surface area (Å²) >= 11 is 0. The third-order valence-electron chi connectivity index (χ3n) is 2.53. The van der Waals surface area contributed by atoms with E-state index in [4.69, 9.17) is 4.74 Å². The van der Waals surface area contributed by atoms with Gasteiger partial charge in [0.25, 0.3) is 5.91 Å². The fourth-order valence-corrected chi connectivity index (χ4v) is 1.53. The van der Waals surface area contributed by atoms with Crippen molar-refractivity contribution in [3.63, 3.8) is 0 Å². The number of carbonyl (C=O) groups excluding carboxylic acids is 2. The quantitative estimate of drug-likeness (QED) is 0.837. The van der Waals surface area contributed by atoms with E-state index < -0.39 is 11.9 Å². The van der Waals surface area contributed by atoms with E-state index >= 15 is 0 Å². The van der Waals surface area contributed by atoms with Gasteiger partial charge in [0, 0.05) is 6.20 Å². The van der Waals surface area contributed by atoms with Gasteiger partial charge in [-0.05, 0) is 17.7 Å². The number of ether oxygens (including phenoxy) is 1. The van der Waals surface area contributed by atoms with Crippen molar-refractivity contribution < 1.29 is 14.3 Å². The van der Waals surface area contributed by atoms with Gasteiger partial charge in [0.15, 0.2) is 0 Å². The Morgan fingerprint density at radius 3 is 2.50 bits per heavy atom. The normalized spacial score (nSPS) is 9.80. The molecule has 1 aromatic carbocycles. The molecule has 0 bridgehead atoms. The summed E-state index contributed by atoms with van der Waals surface area (Å²) in [5.74, 6) is -0.889. The van der Waals surface area contributed by atoms with Gasteiger partial charge in [-0.3, -0.25) is 14.6 Å². The summed E-state index contributed by atoms with van der Waals surface area (Å²) in [7, 11) is 0. The van der Waals surface area contributed by atoms with Crippen LogP contribution >= 0.6 is 0 Å². The molecule has 0 spiro atoms. The lowest BCUT2D eigenvalue weighted by atomic mass is 10.2. The molecule has 0 unspecified atom stereocenters. The largest absolute Gasteiger partial charge is 0.460 e. The molecule has 1 N–H and O–H groups in total. The zero-order valence-corrected chi connectivity index (χ0v) is 10.8. The van der Waals surface area contributed by atoms with Crippen molar-refractivity contribution in [3.8, 4) is 0 Å². The third-order valence-corrected chi connectivity index (χ3v) is 2.53. The van der Waals surface area contributed by atoms with Crippen LogP contribution in [-0.2, 0) is 16.1 Å². The van der Waals surface area contributed by atoms with Crippen molar-refractivity contribution >= 4 is 11.9 Å².